The Hall–Kier alpha value is 0. The maximum Gasteiger partial charge on any atom is -0.0386 e. The van der Waals surface area contributed by atoms with Crippen molar-refractivity contribution in [1.29, 1.82) is 0 Å². The highest BCUT2D eigenvalue weighted by molar-refractivity contribution is 4.83. The van der Waals surface area contributed by atoms with Crippen molar-refractivity contribution in [1.82, 2.24) is 0 Å². The van der Waals surface area contributed by atoms with Crippen molar-refractivity contribution in [3.05, 3.63) is 0 Å². The second-order valence-corrected chi connectivity index (χ2v) is 10.2. The smallest absolute Gasteiger partial charge is 0.0386 e. The lowest BCUT2D eigenvalue weighted by Crippen LogP contribution is -2.34. The first kappa shape index (κ1) is 24.0. The largest absolute Gasteiger partial charge is 0.0625 e. The van der Waals surface area contributed by atoms with Crippen molar-refractivity contribution >= 4 is 0 Å². The van der Waals surface area contributed by atoms with Crippen LogP contribution in [0.4, 0.5) is 0 Å². The first-order chi connectivity index (χ1) is 10.8. The zero-order valence-corrected chi connectivity index (χ0v) is 19.4. The Balaban J connectivity index is 4.95. The first-order valence-electron chi connectivity index (χ1n) is 10.8. The minimum Gasteiger partial charge on any atom is -0.0625 e. The summed E-state index contributed by atoms with van der Waals surface area (Å²) in [5.74, 6) is 8.76. The van der Waals surface area contributed by atoms with Gasteiger partial charge >= 0.3 is 0 Å². The predicted octanol–water partition coefficient (Wildman–Crippen LogP) is 8.02. The Labute approximate surface area is 155 Å². The van der Waals surface area contributed by atoms with Gasteiger partial charge in [0, 0.05) is 0 Å². The van der Waals surface area contributed by atoms with Crippen LogP contribution in [0.2, 0.25) is 0 Å². The molecule has 146 valence electrons. The maximum absolute atomic E-state index is 2.52. The van der Waals surface area contributed by atoms with Crippen LogP contribution in [0.5, 0.6) is 0 Å². The number of hydrogen-bond donors (Lipinski definition) is 0. The third-order valence-electron chi connectivity index (χ3n) is 8.74. The van der Waals surface area contributed by atoms with Crippen LogP contribution in [-0.4, -0.2) is 0 Å². The summed E-state index contributed by atoms with van der Waals surface area (Å²) in [7, 11) is 0. The summed E-state index contributed by atoms with van der Waals surface area (Å²) in [5, 5.41) is 0. The molecule has 0 saturated carbocycles. The maximum atomic E-state index is 2.52. The molecule has 0 nitrogen and oxygen atoms in total. The Bertz CT molecular complexity index is 297. The lowest BCUT2D eigenvalue weighted by Gasteiger charge is -2.41. The van der Waals surface area contributed by atoms with Gasteiger partial charge in [-0.1, -0.05) is 90.0 Å². The summed E-state index contributed by atoms with van der Waals surface area (Å²) in [6.07, 6.45) is 0. The fraction of sp³-hybridized carbons (Fsp3) is 1.00. The topological polar surface area (TPSA) is 0 Å². The van der Waals surface area contributed by atoms with Crippen LogP contribution in [0.15, 0.2) is 0 Å². The molecule has 0 aliphatic rings. The quantitative estimate of drug-likeness (QED) is 0.378. The molecular formula is C24H50. The van der Waals surface area contributed by atoms with Crippen LogP contribution in [0.3, 0.4) is 0 Å². The summed E-state index contributed by atoms with van der Waals surface area (Å²) in [4.78, 5) is 0. The molecule has 0 aromatic carbocycles. The van der Waals surface area contributed by atoms with Crippen molar-refractivity contribution < 1.29 is 0 Å². The Morgan fingerprint density at radius 3 is 0.458 bits per heavy atom. The number of rotatable bonds is 10. The zero-order chi connectivity index (χ0) is 19.4. The van der Waals surface area contributed by atoms with Gasteiger partial charge in [-0.15, -0.1) is 0 Å². The van der Waals surface area contributed by atoms with Crippen molar-refractivity contribution in [3.63, 3.8) is 0 Å². The van der Waals surface area contributed by atoms with Gasteiger partial charge < -0.3 is 0 Å². The molecule has 0 fully saturated rings. The van der Waals surface area contributed by atoms with Crippen LogP contribution in [0.25, 0.3) is 0 Å². The zero-order valence-electron chi connectivity index (χ0n) is 19.4. The van der Waals surface area contributed by atoms with E-state index < -0.39 is 0 Å². The lowest BCUT2D eigenvalue weighted by molar-refractivity contribution is 0.0774. The molecule has 0 amide bonds. The molecule has 0 N–H and O–H groups in total. The van der Waals surface area contributed by atoms with Gasteiger partial charge in [0.1, 0.15) is 0 Å². The van der Waals surface area contributed by atoms with Gasteiger partial charge in [-0.05, 0) is 65.1 Å². The molecule has 0 heteroatoms. The van der Waals surface area contributed by atoms with Crippen molar-refractivity contribution in [2.45, 2.75) is 90.0 Å². The van der Waals surface area contributed by atoms with E-state index in [1.54, 1.807) is 0 Å². The first-order valence-corrected chi connectivity index (χ1v) is 10.8. The number of hydrogen-bond acceptors (Lipinski definition) is 0. The van der Waals surface area contributed by atoms with E-state index in [1.807, 2.05) is 0 Å². The summed E-state index contributed by atoms with van der Waals surface area (Å²) in [6, 6.07) is 0. The van der Waals surface area contributed by atoms with Crippen LogP contribution >= 0.6 is 0 Å². The fourth-order valence-corrected chi connectivity index (χ4v) is 4.57. The molecule has 0 aliphatic carbocycles. The molecule has 0 aromatic rings. The van der Waals surface area contributed by atoms with E-state index in [0.717, 1.165) is 65.1 Å². The average molecular weight is 339 g/mol. The second kappa shape index (κ2) is 10.2. The van der Waals surface area contributed by atoms with Gasteiger partial charge in [-0.3, -0.25) is 0 Å². The van der Waals surface area contributed by atoms with E-state index in [1.165, 1.54) is 0 Å². The third kappa shape index (κ3) is 6.06. The molecule has 0 spiro atoms. The summed E-state index contributed by atoms with van der Waals surface area (Å²) < 4.78 is 0. The monoisotopic (exact) mass is 338 g/mol. The van der Waals surface area contributed by atoms with Gasteiger partial charge in [-0.2, -0.15) is 0 Å². The van der Waals surface area contributed by atoms with Crippen LogP contribution in [0, 0.1) is 65.1 Å². The van der Waals surface area contributed by atoms with Gasteiger partial charge in [-0.25, -0.2) is 0 Å². The molecule has 24 heavy (non-hydrogen) atoms. The van der Waals surface area contributed by atoms with Gasteiger partial charge in [0.25, 0.3) is 0 Å². The molecule has 0 aliphatic heterocycles. The minimum absolute atomic E-state index is 0.785. The highest BCUT2D eigenvalue weighted by Crippen LogP contribution is 2.41. The molecule has 0 aromatic heterocycles. The van der Waals surface area contributed by atoms with Crippen molar-refractivity contribution in [2.75, 3.05) is 0 Å². The highest BCUT2D eigenvalue weighted by atomic mass is 14.4. The summed E-state index contributed by atoms with van der Waals surface area (Å²) >= 11 is 0. The lowest BCUT2D eigenvalue weighted by atomic mass is 9.64. The Morgan fingerprint density at radius 1 is 0.208 bits per heavy atom. The second-order valence-electron chi connectivity index (χ2n) is 10.2. The SMILES string of the molecule is CC(C)[C@@H](C)[C@@H](C)[C@@H](C)[C@@H](C)C(C)[C@@H](C)[C@@H](C)[C@@H](C)[C@@H](C)C(C)C. The average Bonchev–Trinajstić information content (AvgIpc) is 2.55. The summed E-state index contributed by atoms with van der Waals surface area (Å²) in [6.45, 7) is 31.9. The van der Waals surface area contributed by atoms with E-state index in [4.69, 9.17) is 0 Å². The summed E-state index contributed by atoms with van der Waals surface area (Å²) in [5.41, 5.74) is 0. The molecule has 9 atom stereocenters. The van der Waals surface area contributed by atoms with Gasteiger partial charge in [0.2, 0.25) is 0 Å². The third-order valence-corrected chi connectivity index (χ3v) is 8.74. The molecule has 0 heterocycles. The van der Waals surface area contributed by atoms with E-state index in [2.05, 4.69) is 90.0 Å². The Morgan fingerprint density at radius 2 is 0.333 bits per heavy atom. The molecular weight excluding hydrogens is 288 g/mol. The van der Waals surface area contributed by atoms with Gasteiger partial charge in [0.05, 0.1) is 0 Å². The van der Waals surface area contributed by atoms with Crippen LogP contribution < -0.4 is 0 Å². The van der Waals surface area contributed by atoms with Crippen molar-refractivity contribution in [2.24, 2.45) is 65.1 Å². The molecule has 0 bridgehead atoms. The normalized spacial score (nSPS) is 24.1. The molecule has 1 unspecified atom stereocenters. The van der Waals surface area contributed by atoms with Gasteiger partial charge in [0.15, 0.2) is 0 Å². The standard InChI is InChI=1S/C24H50/c1-14(2)16(5)18(7)20(9)22(11)24(13)23(12)21(10)19(8)17(6)15(3)4/h14-24H,1-13H3/t16-,17+,18-,19+,20-,21+,22-,23+,24?. The Kier molecular flexibility index (Phi) is 10.2. The van der Waals surface area contributed by atoms with Crippen LogP contribution in [-0.2, 0) is 0 Å². The van der Waals surface area contributed by atoms with Crippen molar-refractivity contribution in [3.8, 4) is 0 Å². The molecule has 0 saturated heterocycles. The van der Waals surface area contributed by atoms with Crippen LogP contribution in [0.1, 0.15) is 90.0 Å². The minimum atomic E-state index is 0.785. The predicted molar refractivity (Wildman–Crippen MR) is 112 cm³/mol. The molecule has 0 rings (SSSR count). The highest BCUT2D eigenvalue weighted by Gasteiger charge is 2.34. The van der Waals surface area contributed by atoms with E-state index in [9.17, 15) is 0 Å². The van der Waals surface area contributed by atoms with E-state index in [0.29, 0.717) is 0 Å². The molecule has 0 radical (unpaired) electrons. The fourth-order valence-electron chi connectivity index (χ4n) is 4.57. The van der Waals surface area contributed by atoms with E-state index >= 15 is 0 Å². The van der Waals surface area contributed by atoms with E-state index in [-0.39, 0.29) is 0 Å².